The maximum atomic E-state index is 13.8. The molecule has 0 aliphatic heterocycles. The molecule has 0 amide bonds. The molecule has 0 bridgehead atoms. The molecule has 0 saturated heterocycles. The normalized spacial score (nSPS) is 12.2. The van der Waals surface area contributed by atoms with Crippen molar-refractivity contribution >= 4 is 17.3 Å². The van der Waals surface area contributed by atoms with Crippen LogP contribution in [-0.2, 0) is 6.42 Å². The smallest absolute Gasteiger partial charge is 0.127 e. The summed E-state index contributed by atoms with van der Waals surface area (Å²) in [6.45, 7) is 0. The van der Waals surface area contributed by atoms with Gasteiger partial charge < -0.3 is 10.6 Å². The van der Waals surface area contributed by atoms with Crippen molar-refractivity contribution in [3.05, 3.63) is 64.4 Å². The number of nitrogens with zero attached hydrogens (tertiary/aromatic N) is 1. The van der Waals surface area contributed by atoms with Gasteiger partial charge in [-0.25, -0.2) is 4.39 Å². The fourth-order valence-electron chi connectivity index (χ4n) is 2.08. The highest BCUT2D eigenvalue weighted by Crippen LogP contribution is 2.23. The van der Waals surface area contributed by atoms with E-state index in [4.69, 9.17) is 17.3 Å². The molecule has 2 aromatic carbocycles. The zero-order valence-electron chi connectivity index (χ0n) is 11.6. The SMILES string of the molecule is CN(C)c1cccc(C(N)Cc2ccc(Cl)cc2F)c1. The predicted octanol–water partition coefficient (Wildman–Crippen LogP) is 3.79. The van der Waals surface area contributed by atoms with Crippen LogP contribution in [0, 0.1) is 5.82 Å². The van der Waals surface area contributed by atoms with Crippen LogP contribution in [-0.4, -0.2) is 14.1 Å². The Labute approximate surface area is 124 Å². The van der Waals surface area contributed by atoms with Crippen LogP contribution >= 0.6 is 11.6 Å². The molecule has 20 heavy (non-hydrogen) atoms. The van der Waals surface area contributed by atoms with Crippen molar-refractivity contribution in [3.8, 4) is 0 Å². The van der Waals surface area contributed by atoms with E-state index in [1.807, 2.05) is 43.3 Å². The van der Waals surface area contributed by atoms with Crippen LogP contribution in [0.3, 0.4) is 0 Å². The predicted molar refractivity (Wildman–Crippen MR) is 82.8 cm³/mol. The molecule has 0 fully saturated rings. The standard InChI is InChI=1S/C16H18ClFN2/c1-20(2)14-5-3-4-12(8-14)16(19)9-11-6-7-13(17)10-15(11)18/h3-8,10,16H,9,19H2,1-2H3. The number of anilines is 1. The molecule has 106 valence electrons. The molecule has 1 atom stereocenters. The molecular weight excluding hydrogens is 275 g/mol. The van der Waals surface area contributed by atoms with Crippen molar-refractivity contribution in [1.82, 2.24) is 0 Å². The third-order valence-electron chi connectivity index (χ3n) is 3.27. The van der Waals surface area contributed by atoms with E-state index in [1.54, 1.807) is 12.1 Å². The Kier molecular flexibility index (Phi) is 4.63. The Hall–Kier alpha value is -1.58. The van der Waals surface area contributed by atoms with Gasteiger partial charge in [0.25, 0.3) is 0 Å². The van der Waals surface area contributed by atoms with Crippen LogP contribution in [0.15, 0.2) is 42.5 Å². The lowest BCUT2D eigenvalue weighted by molar-refractivity contribution is 0.593. The van der Waals surface area contributed by atoms with Gasteiger partial charge in [0.1, 0.15) is 5.82 Å². The number of halogens is 2. The van der Waals surface area contributed by atoms with E-state index in [0.29, 0.717) is 17.0 Å². The number of hydrogen-bond donors (Lipinski definition) is 1. The number of benzene rings is 2. The van der Waals surface area contributed by atoms with Gasteiger partial charge in [0.2, 0.25) is 0 Å². The molecule has 0 spiro atoms. The van der Waals surface area contributed by atoms with Crippen molar-refractivity contribution < 1.29 is 4.39 Å². The van der Waals surface area contributed by atoms with Crippen molar-refractivity contribution in [2.45, 2.75) is 12.5 Å². The molecule has 0 radical (unpaired) electrons. The molecule has 2 aromatic rings. The number of nitrogens with two attached hydrogens (primary N) is 1. The number of rotatable bonds is 4. The highest BCUT2D eigenvalue weighted by Gasteiger charge is 2.11. The van der Waals surface area contributed by atoms with E-state index < -0.39 is 0 Å². The van der Waals surface area contributed by atoms with Gasteiger partial charge in [0.15, 0.2) is 0 Å². The quantitative estimate of drug-likeness (QED) is 0.929. The average Bonchev–Trinajstić information content (AvgIpc) is 2.42. The van der Waals surface area contributed by atoms with Gasteiger partial charge in [-0.3, -0.25) is 0 Å². The lowest BCUT2D eigenvalue weighted by atomic mass is 9.99. The molecular formula is C16H18ClFN2. The van der Waals surface area contributed by atoms with Crippen LogP contribution in [0.4, 0.5) is 10.1 Å². The maximum Gasteiger partial charge on any atom is 0.127 e. The molecule has 0 heterocycles. The Morgan fingerprint density at radius 2 is 1.95 bits per heavy atom. The third kappa shape index (κ3) is 3.50. The molecule has 2 nitrogen and oxygen atoms in total. The van der Waals surface area contributed by atoms with Gasteiger partial charge in [-0.05, 0) is 41.8 Å². The van der Waals surface area contributed by atoms with Gasteiger partial charge >= 0.3 is 0 Å². The second-order valence-electron chi connectivity index (χ2n) is 5.04. The molecule has 2 N–H and O–H groups in total. The topological polar surface area (TPSA) is 29.3 Å². The van der Waals surface area contributed by atoms with Crippen LogP contribution in [0.5, 0.6) is 0 Å². The summed E-state index contributed by atoms with van der Waals surface area (Å²) in [5, 5.41) is 0.398. The van der Waals surface area contributed by atoms with E-state index in [0.717, 1.165) is 11.3 Å². The summed E-state index contributed by atoms with van der Waals surface area (Å²) in [4.78, 5) is 2.01. The largest absolute Gasteiger partial charge is 0.378 e. The third-order valence-corrected chi connectivity index (χ3v) is 3.50. The van der Waals surface area contributed by atoms with E-state index in [9.17, 15) is 4.39 Å². The summed E-state index contributed by atoms with van der Waals surface area (Å²) in [5.74, 6) is -0.309. The molecule has 2 rings (SSSR count). The zero-order chi connectivity index (χ0) is 14.7. The van der Waals surface area contributed by atoms with Crippen LogP contribution in [0.2, 0.25) is 5.02 Å². The summed E-state index contributed by atoms with van der Waals surface area (Å²) >= 11 is 5.75. The monoisotopic (exact) mass is 292 g/mol. The molecule has 1 unspecified atom stereocenters. The second kappa shape index (κ2) is 6.25. The van der Waals surface area contributed by atoms with Crippen molar-refractivity contribution in [1.29, 1.82) is 0 Å². The van der Waals surface area contributed by atoms with Crippen molar-refractivity contribution in [2.24, 2.45) is 5.73 Å². The minimum atomic E-state index is -0.309. The van der Waals surface area contributed by atoms with Crippen LogP contribution in [0.25, 0.3) is 0 Å². The minimum absolute atomic E-state index is 0.245. The van der Waals surface area contributed by atoms with E-state index in [2.05, 4.69) is 0 Å². The van der Waals surface area contributed by atoms with Gasteiger partial charge in [0.05, 0.1) is 0 Å². The van der Waals surface area contributed by atoms with E-state index >= 15 is 0 Å². The Morgan fingerprint density at radius 1 is 1.20 bits per heavy atom. The van der Waals surface area contributed by atoms with Gasteiger partial charge in [0, 0.05) is 30.8 Å². The molecule has 0 aliphatic carbocycles. The van der Waals surface area contributed by atoms with Gasteiger partial charge in [-0.1, -0.05) is 29.8 Å². The maximum absolute atomic E-state index is 13.8. The zero-order valence-corrected chi connectivity index (χ0v) is 12.4. The Bertz CT molecular complexity index is 599. The van der Waals surface area contributed by atoms with Crippen molar-refractivity contribution in [3.63, 3.8) is 0 Å². The first-order chi connectivity index (χ1) is 9.47. The minimum Gasteiger partial charge on any atom is -0.378 e. The number of hydrogen-bond acceptors (Lipinski definition) is 2. The fourth-order valence-corrected chi connectivity index (χ4v) is 2.23. The first kappa shape index (κ1) is 14.8. The molecule has 0 aromatic heterocycles. The fraction of sp³-hybridized carbons (Fsp3) is 0.250. The second-order valence-corrected chi connectivity index (χ2v) is 5.47. The molecule has 0 aliphatic rings. The first-order valence-electron chi connectivity index (χ1n) is 6.44. The van der Waals surface area contributed by atoms with E-state index in [-0.39, 0.29) is 11.9 Å². The summed E-state index contributed by atoms with van der Waals surface area (Å²) in [6.07, 6.45) is 0.444. The van der Waals surface area contributed by atoms with Crippen molar-refractivity contribution in [2.75, 3.05) is 19.0 Å². The lowest BCUT2D eigenvalue weighted by Crippen LogP contribution is -2.15. The molecule has 4 heteroatoms. The van der Waals surface area contributed by atoms with Gasteiger partial charge in [-0.15, -0.1) is 0 Å². The highest BCUT2D eigenvalue weighted by molar-refractivity contribution is 6.30. The summed E-state index contributed by atoms with van der Waals surface area (Å²) in [5.41, 5.74) is 8.84. The summed E-state index contributed by atoms with van der Waals surface area (Å²) in [7, 11) is 3.95. The lowest BCUT2D eigenvalue weighted by Gasteiger charge is -2.17. The highest BCUT2D eigenvalue weighted by atomic mass is 35.5. The molecule has 0 saturated carbocycles. The van der Waals surface area contributed by atoms with Gasteiger partial charge in [-0.2, -0.15) is 0 Å². The van der Waals surface area contributed by atoms with Crippen LogP contribution in [0.1, 0.15) is 17.2 Å². The average molecular weight is 293 g/mol. The Balaban J connectivity index is 2.19. The summed E-state index contributed by atoms with van der Waals surface area (Å²) in [6, 6.07) is 12.4. The first-order valence-corrected chi connectivity index (χ1v) is 6.82. The Morgan fingerprint density at radius 3 is 2.60 bits per heavy atom. The van der Waals surface area contributed by atoms with Crippen LogP contribution < -0.4 is 10.6 Å². The van der Waals surface area contributed by atoms with E-state index in [1.165, 1.54) is 6.07 Å². The summed E-state index contributed by atoms with van der Waals surface area (Å²) < 4.78 is 13.8.